The normalized spacial score (nSPS) is 12.1. The first kappa shape index (κ1) is 34.2. The molecule has 14 rings (SSSR count). The van der Waals surface area contributed by atoms with Gasteiger partial charge in [0.1, 0.15) is 5.69 Å². The summed E-state index contributed by atoms with van der Waals surface area (Å²) in [6, 6.07) is 76.5. The van der Waals surface area contributed by atoms with Gasteiger partial charge in [0.2, 0.25) is 0 Å². The van der Waals surface area contributed by atoms with Gasteiger partial charge in [-0.15, -0.1) is 0 Å². The van der Waals surface area contributed by atoms with Gasteiger partial charge in [-0.2, -0.15) is 0 Å². The van der Waals surface area contributed by atoms with Gasteiger partial charge in [-0.3, -0.25) is 4.57 Å². The van der Waals surface area contributed by atoms with Gasteiger partial charge in [0.25, 0.3) is 0 Å². The SMILES string of the molecule is c1ccc(-n2c3ccccc3c3c(-c4nc5ccccc5nc4-n4c5ccccc5c5cc6cccc(-n7c8ccccc8c8c9ccccc9ccc87)c6cc54)cccc32)cc1. The molecule has 0 aliphatic heterocycles. The van der Waals surface area contributed by atoms with Crippen LogP contribution < -0.4 is 0 Å². The van der Waals surface area contributed by atoms with Crippen LogP contribution in [0.15, 0.2) is 212 Å². The monoisotopic (exact) mass is 801 g/mol. The van der Waals surface area contributed by atoms with E-state index in [9.17, 15) is 0 Å². The van der Waals surface area contributed by atoms with Crippen LogP contribution in [0.4, 0.5) is 0 Å². The number of nitrogens with zero attached hydrogens (tertiary/aromatic N) is 5. The minimum Gasteiger partial charge on any atom is -0.309 e. The zero-order valence-corrected chi connectivity index (χ0v) is 33.9. The second-order valence-corrected chi connectivity index (χ2v) is 16.5. The molecule has 5 heteroatoms. The largest absolute Gasteiger partial charge is 0.309 e. The van der Waals surface area contributed by atoms with E-state index in [1.807, 2.05) is 6.07 Å². The first-order valence-electron chi connectivity index (χ1n) is 21.5. The van der Waals surface area contributed by atoms with Crippen molar-refractivity contribution in [3.05, 3.63) is 212 Å². The number of rotatable bonds is 4. The quantitative estimate of drug-likeness (QED) is 0.178. The van der Waals surface area contributed by atoms with Crippen LogP contribution in [0.25, 0.3) is 126 Å². The van der Waals surface area contributed by atoms with E-state index in [0.29, 0.717) is 0 Å². The van der Waals surface area contributed by atoms with Crippen LogP contribution in [0.3, 0.4) is 0 Å². The second kappa shape index (κ2) is 13.0. The number of hydrogen-bond acceptors (Lipinski definition) is 2. The molecular weight excluding hydrogens is 767 g/mol. The fourth-order valence-electron chi connectivity index (χ4n) is 10.5. The molecule has 0 amide bonds. The predicted octanol–water partition coefficient (Wildman–Crippen LogP) is 14.9. The maximum absolute atomic E-state index is 5.60. The molecule has 0 unspecified atom stereocenters. The van der Waals surface area contributed by atoms with Gasteiger partial charge < -0.3 is 9.13 Å². The summed E-state index contributed by atoms with van der Waals surface area (Å²) in [5.74, 6) is 0.795. The number of benzene rings is 10. The van der Waals surface area contributed by atoms with Crippen LogP contribution in [-0.2, 0) is 0 Å². The van der Waals surface area contributed by atoms with Crippen molar-refractivity contribution in [2.24, 2.45) is 0 Å². The zero-order chi connectivity index (χ0) is 41.2. The molecule has 0 spiro atoms. The third-order valence-corrected chi connectivity index (χ3v) is 13.2. The van der Waals surface area contributed by atoms with Gasteiger partial charge in [0, 0.05) is 49.0 Å². The minimum absolute atomic E-state index is 0.795. The molecule has 0 radical (unpaired) electrons. The fraction of sp³-hybridized carbons (Fsp3) is 0. The van der Waals surface area contributed by atoms with Gasteiger partial charge in [0.15, 0.2) is 5.82 Å². The van der Waals surface area contributed by atoms with E-state index in [0.717, 1.165) is 72.3 Å². The highest BCUT2D eigenvalue weighted by Crippen LogP contribution is 2.44. The Morgan fingerprint density at radius 1 is 0.302 bits per heavy atom. The number of aromatic nitrogens is 5. The third kappa shape index (κ3) is 4.82. The minimum atomic E-state index is 0.795. The Kier molecular flexibility index (Phi) is 7.05. The van der Waals surface area contributed by atoms with Gasteiger partial charge in [-0.25, -0.2) is 9.97 Å². The lowest BCUT2D eigenvalue weighted by Crippen LogP contribution is -2.04. The zero-order valence-electron chi connectivity index (χ0n) is 33.9. The average molecular weight is 802 g/mol. The van der Waals surface area contributed by atoms with Gasteiger partial charge in [-0.1, -0.05) is 140 Å². The van der Waals surface area contributed by atoms with Gasteiger partial charge in [-0.05, 0) is 89.0 Å². The standard InChI is InChI=1S/C58H35N5/c1-2-18-38(19-3-1)61-49-28-12-7-22-41(49)56-43(24-15-31-52(56)61)57-58(60-47-26-10-9-25-46(47)59-57)63-48-27-11-6-21-40(48)45-34-37-17-14-30-51(44(37)35-54(45)63)62-50-29-13-8-23-42(50)55-39-20-5-4-16-36(39)32-33-53(55)62/h1-35H. The summed E-state index contributed by atoms with van der Waals surface area (Å²) in [4.78, 5) is 11.2. The Labute approximate surface area is 360 Å². The van der Waals surface area contributed by atoms with Crippen molar-refractivity contribution in [3.63, 3.8) is 0 Å². The maximum atomic E-state index is 5.60. The molecule has 0 saturated carbocycles. The summed E-state index contributed by atoms with van der Waals surface area (Å²) in [7, 11) is 0. The van der Waals surface area contributed by atoms with E-state index < -0.39 is 0 Å². The third-order valence-electron chi connectivity index (χ3n) is 13.2. The van der Waals surface area contributed by atoms with Crippen molar-refractivity contribution in [3.8, 4) is 28.5 Å². The summed E-state index contributed by atoms with van der Waals surface area (Å²) in [5, 5.41) is 12.0. The molecule has 10 aromatic carbocycles. The Bertz CT molecular complexity index is 4210. The number of para-hydroxylation sites is 6. The molecule has 292 valence electrons. The summed E-state index contributed by atoms with van der Waals surface area (Å²) in [6.45, 7) is 0. The lowest BCUT2D eigenvalue weighted by Gasteiger charge is -2.16. The van der Waals surface area contributed by atoms with E-state index in [2.05, 4.69) is 220 Å². The number of fused-ring (bicyclic) bond motifs is 13. The average Bonchev–Trinajstić information content (AvgIpc) is 3.99. The van der Waals surface area contributed by atoms with Gasteiger partial charge in [0.05, 0.1) is 49.8 Å². The summed E-state index contributed by atoms with van der Waals surface area (Å²) in [6.07, 6.45) is 0. The van der Waals surface area contributed by atoms with Crippen LogP contribution >= 0.6 is 0 Å². The molecule has 5 nitrogen and oxygen atoms in total. The Hall–Kier alpha value is -8.54. The van der Waals surface area contributed by atoms with Crippen LogP contribution in [0, 0.1) is 0 Å². The smallest absolute Gasteiger partial charge is 0.165 e. The van der Waals surface area contributed by atoms with Gasteiger partial charge >= 0.3 is 0 Å². The second-order valence-electron chi connectivity index (χ2n) is 16.5. The maximum Gasteiger partial charge on any atom is 0.165 e. The molecule has 0 aliphatic carbocycles. The Balaban J connectivity index is 1.10. The highest BCUT2D eigenvalue weighted by Gasteiger charge is 2.24. The molecule has 14 aromatic rings. The predicted molar refractivity (Wildman–Crippen MR) is 263 cm³/mol. The first-order chi connectivity index (χ1) is 31.3. The summed E-state index contributed by atoms with van der Waals surface area (Å²) >= 11 is 0. The molecule has 4 heterocycles. The molecule has 0 fully saturated rings. The van der Waals surface area contributed by atoms with E-state index in [4.69, 9.17) is 9.97 Å². The molecule has 0 bridgehead atoms. The topological polar surface area (TPSA) is 40.6 Å². The van der Waals surface area contributed by atoms with E-state index in [1.165, 1.54) is 54.1 Å². The van der Waals surface area contributed by atoms with E-state index in [-0.39, 0.29) is 0 Å². The van der Waals surface area contributed by atoms with Crippen molar-refractivity contribution >= 4 is 98.0 Å². The van der Waals surface area contributed by atoms with Crippen LogP contribution in [0.5, 0.6) is 0 Å². The van der Waals surface area contributed by atoms with Crippen molar-refractivity contribution in [2.75, 3.05) is 0 Å². The molecule has 0 saturated heterocycles. The molecule has 0 atom stereocenters. The summed E-state index contributed by atoms with van der Waals surface area (Å²) < 4.78 is 7.20. The molecular formula is C58H35N5. The first-order valence-corrected chi connectivity index (χ1v) is 21.5. The molecule has 4 aromatic heterocycles. The van der Waals surface area contributed by atoms with Crippen molar-refractivity contribution < 1.29 is 0 Å². The van der Waals surface area contributed by atoms with Crippen LogP contribution in [0.2, 0.25) is 0 Å². The Morgan fingerprint density at radius 3 is 1.70 bits per heavy atom. The van der Waals surface area contributed by atoms with Crippen molar-refractivity contribution in [1.82, 2.24) is 23.7 Å². The lowest BCUT2D eigenvalue weighted by atomic mass is 10.0. The van der Waals surface area contributed by atoms with Crippen molar-refractivity contribution in [1.29, 1.82) is 0 Å². The fourth-order valence-corrected chi connectivity index (χ4v) is 10.5. The highest BCUT2D eigenvalue weighted by molar-refractivity contribution is 6.23. The number of hydrogen-bond donors (Lipinski definition) is 0. The molecule has 0 aliphatic rings. The van der Waals surface area contributed by atoms with Crippen LogP contribution in [-0.4, -0.2) is 23.7 Å². The van der Waals surface area contributed by atoms with E-state index >= 15 is 0 Å². The van der Waals surface area contributed by atoms with Crippen LogP contribution in [0.1, 0.15) is 0 Å². The molecule has 63 heavy (non-hydrogen) atoms. The lowest BCUT2D eigenvalue weighted by molar-refractivity contribution is 1.08. The Morgan fingerprint density at radius 2 is 0.889 bits per heavy atom. The van der Waals surface area contributed by atoms with Crippen molar-refractivity contribution in [2.45, 2.75) is 0 Å². The molecule has 0 N–H and O–H groups in total. The highest BCUT2D eigenvalue weighted by atomic mass is 15.1. The van der Waals surface area contributed by atoms with E-state index in [1.54, 1.807) is 0 Å². The summed E-state index contributed by atoms with van der Waals surface area (Å²) in [5.41, 5.74) is 12.6.